The van der Waals surface area contributed by atoms with Crippen LogP contribution in [0.25, 0.3) is 0 Å². The summed E-state index contributed by atoms with van der Waals surface area (Å²) in [5.41, 5.74) is 0.579. The monoisotopic (exact) mass is 395 g/mol. The van der Waals surface area contributed by atoms with Crippen molar-refractivity contribution in [2.24, 2.45) is 0 Å². The number of ether oxygens (including phenoxy) is 1. The summed E-state index contributed by atoms with van der Waals surface area (Å²) in [5.74, 6) is -0.163. The van der Waals surface area contributed by atoms with Crippen molar-refractivity contribution in [2.45, 2.75) is 62.0 Å². The molecule has 1 aliphatic heterocycles. The van der Waals surface area contributed by atoms with Crippen LogP contribution >= 0.6 is 0 Å². The minimum absolute atomic E-state index is 0.0260. The Labute approximate surface area is 161 Å². The molecule has 1 saturated heterocycles. The predicted molar refractivity (Wildman–Crippen MR) is 104 cm³/mol. The van der Waals surface area contributed by atoms with Crippen LogP contribution in [0.1, 0.15) is 44.9 Å². The molecule has 3 N–H and O–H groups in total. The van der Waals surface area contributed by atoms with Crippen LogP contribution in [-0.4, -0.2) is 46.2 Å². The Bertz CT molecular complexity index is 709. The molecule has 1 heterocycles. The van der Waals surface area contributed by atoms with E-state index in [4.69, 9.17) is 4.74 Å². The molecule has 0 spiro atoms. The second kappa shape index (κ2) is 9.64. The third-order valence-electron chi connectivity index (χ3n) is 5.06. The SMILES string of the molecule is O=C(CNCC1CCCO1)Nc1ccc(S(=O)(=O)NC2CCCCC2)cc1. The van der Waals surface area contributed by atoms with Crippen molar-refractivity contribution in [3.63, 3.8) is 0 Å². The number of rotatable bonds is 8. The van der Waals surface area contributed by atoms with Crippen LogP contribution in [0.15, 0.2) is 29.2 Å². The van der Waals surface area contributed by atoms with Crippen LogP contribution in [-0.2, 0) is 19.6 Å². The summed E-state index contributed by atoms with van der Waals surface area (Å²) in [7, 11) is -3.52. The molecule has 7 nitrogen and oxygen atoms in total. The highest BCUT2D eigenvalue weighted by Gasteiger charge is 2.21. The number of benzene rings is 1. The summed E-state index contributed by atoms with van der Waals surface area (Å²) in [4.78, 5) is 12.2. The zero-order valence-corrected chi connectivity index (χ0v) is 16.4. The van der Waals surface area contributed by atoms with Gasteiger partial charge in [0, 0.05) is 24.9 Å². The zero-order valence-electron chi connectivity index (χ0n) is 15.6. The van der Waals surface area contributed by atoms with Gasteiger partial charge in [0.1, 0.15) is 0 Å². The van der Waals surface area contributed by atoms with Gasteiger partial charge in [-0.3, -0.25) is 4.79 Å². The van der Waals surface area contributed by atoms with Gasteiger partial charge in [-0.25, -0.2) is 13.1 Å². The molecular weight excluding hydrogens is 366 g/mol. The maximum absolute atomic E-state index is 12.5. The van der Waals surface area contributed by atoms with Gasteiger partial charge in [-0.15, -0.1) is 0 Å². The van der Waals surface area contributed by atoms with E-state index in [9.17, 15) is 13.2 Å². The molecule has 1 aliphatic carbocycles. The number of carbonyl (C=O) groups is 1. The Morgan fingerprint density at radius 3 is 2.44 bits per heavy atom. The van der Waals surface area contributed by atoms with Crippen LogP contribution in [0.2, 0.25) is 0 Å². The highest BCUT2D eigenvalue weighted by Crippen LogP contribution is 2.20. The lowest BCUT2D eigenvalue weighted by Crippen LogP contribution is -2.36. The van der Waals surface area contributed by atoms with Crippen molar-refractivity contribution in [1.82, 2.24) is 10.0 Å². The minimum atomic E-state index is -3.52. The lowest BCUT2D eigenvalue weighted by atomic mass is 9.96. The Morgan fingerprint density at radius 2 is 1.78 bits per heavy atom. The Hall–Kier alpha value is -1.48. The first-order valence-electron chi connectivity index (χ1n) is 9.77. The summed E-state index contributed by atoms with van der Waals surface area (Å²) in [6, 6.07) is 6.32. The van der Waals surface area contributed by atoms with Crippen molar-refractivity contribution in [3.05, 3.63) is 24.3 Å². The highest BCUT2D eigenvalue weighted by molar-refractivity contribution is 7.89. The maximum atomic E-state index is 12.5. The first-order chi connectivity index (χ1) is 13.0. The van der Waals surface area contributed by atoms with E-state index in [1.54, 1.807) is 12.1 Å². The highest BCUT2D eigenvalue weighted by atomic mass is 32.2. The van der Waals surface area contributed by atoms with Crippen LogP contribution < -0.4 is 15.4 Å². The lowest BCUT2D eigenvalue weighted by molar-refractivity contribution is -0.115. The topological polar surface area (TPSA) is 96.5 Å². The minimum Gasteiger partial charge on any atom is -0.377 e. The fraction of sp³-hybridized carbons (Fsp3) is 0.632. The number of nitrogens with one attached hydrogen (secondary N) is 3. The molecule has 3 rings (SSSR count). The average molecular weight is 396 g/mol. The number of hydrogen-bond acceptors (Lipinski definition) is 5. The Kier molecular flexibility index (Phi) is 7.23. The van der Waals surface area contributed by atoms with Gasteiger partial charge in [-0.05, 0) is 49.9 Å². The van der Waals surface area contributed by atoms with Gasteiger partial charge in [0.05, 0.1) is 17.5 Å². The fourth-order valence-corrected chi connectivity index (χ4v) is 4.89. The fourth-order valence-electron chi connectivity index (χ4n) is 3.58. The Balaban J connectivity index is 1.46. The van der Waals surface area contributed by atoms with E-state index < -0.39 is 10.0 Å². The van der Waals surface area contributed by atoms with E-state index in [0.717, 1.165) is 45.1 Å². The van der Waals surface area contributed by atoms with E-state index in [0.29, 0.717) is 12.2 Å². The van der Waals surface area contributed by atoms with Crippen molar-refractivity contribution in [2.75, 3.05) is 25.0 Å². The predicted octanol–water partition coefficient (Wildman–Crippen LogP) is 2.00. The molecule has 1 atom stereocenters. The molecule has 1 saturated carbocycles. The van der Waals surface area contributed by atoms with Gasteiger partial charge in [0.2, 0.25) is 15.9 Å². The normalized spacial score (nSPS) is 21.3. The molecule has 2 fully saturated rings. The summed E-state index contributed by atoms with van der Waals surface area (Å²) < 4.78 is 33.2. The van der Waals surface area contributed by atoms with Gasteiger partial charge in [0.25, 0.3) is 0 Å². The molecule has 150 valence electrons. The van der Waals surface area contributed by atoms with Gasteiger partial charge in [0.15, 0.2) is 0 Å². The van der Waals surface area contributed by atoms with E-state index >= 15 is 0 Å². The van der Waals surface area contributed by atoms with Crippen LogP contribution in [0, 0.1) is 0 Å². The molecule has 27 heavy (non-hydrogen) atoms. The quantitative estimate of drug-likeness (QED) is 0.626. The third kappa shape index (κ3) is 6.27. The number of anilines is 1. The third-order valence-corrected chi connectivity index (χ3v) is 6.59. The van der Waals surface area contributed by atoms with Gasteiger partial charge >= 0.3 is 0 Å². The summed E-state index contributed by atoms with van der Waals surface area (Å²) in [5, 5.41) is 5.86. The van der Waals surface area contributed by atoms with Gasteiger partial charge in [-0.2, -0.15) is 0 Å². The van der Waals surface area contributed by atoms with Crippen molar-refractivity contribution in [1.29, 1.82) is 0 Å². The molecule has 8 heteroatoms. The molecule has 0 radical (unpaired) electrons. The number of carbonyl (C=O) groups excluding carboxylic acids is 1. The van der Waals surface area contributed by atoms with Gasteiger partial charge in [-0.1, -0.05) is 19.3 Å². The molecule has 1 aromatic rings. The summed E-state index contributed by atoms with van der Waals surface area (Å²) in [6.45, 7) is 1.66. The number of amides is 1. The molecule has 1 unspecified atom stereocenters. The van der Waals surface area contributed by atoms with E-state index in [-0.39, 0.29) is 29.5 Å². The molecule has 2 aliphatic rings. The lowest BCUT2D eigenvalue weighted by Gasteiger charge is -2.22. The van der Waals surface area contributed by atoms with Crippen LogP contribution in [0.3, 0.4) is 0 Å². The van der Waals surface area contributed by atoms with Crippen LogP contribution in [0.5, 0.6) is 0 Å². The van der Waals surface area contributed by atoms with Crippen molar-refractivity contribution < 1.29 is 17.9 Å². The Morgan fingerprint density at radius 1 is 1.04 bits per heavy atom. The van der Waals surface area contributed by atoms with Crippen molar-refractivity contribution >= 4 is 21.6 Å². The zero-order chi connectivity index (χ0) is 19.1. The van der Waals surface area contributed by atoms with E-state index in [2.05, 4.69) is 15.4 Å². The first-order valence-corrected chi connectivity index (χ1v) is 11.3. The van der Waals surface area contributed by atoms with Gasteiger partial charge < -0.3 is 15.4 Å². The second-order valence-corrected chi connectivity index (χ2v) is 9.01. The van der Waals surface area contributed by atoms with Crippen molar-refractivity contribution in [3.8, 4) is 0 Å². The number of sulfonamides is 1. The molecule has 1 aromatic carbocycles. The summed E-state index contributed by atoms with van der Waals surface area (Å²) in [6.07, 6.45) is 7.40. The first kappa shape index (κ1) is 20.3. The summed E-state index contributed by atoms with van der Waals surface area (Å²) >= 11 is 0. The second-order valence-electron chi connectivity index (χ2n) is 7.29. The molecular formula is C19H29N3O4S. The molecule has 0 bridgehead atoms. The van der Waals surface area contributed by atoms with E-state index in [1.165, 1.54) is 18.6 Å². The maximum Gasteiger partial charge on any atom is 0.240 e. The molecule has 1 amide bonds. The van der Waals surface area contributed by atoms with E-state index in [1.807, 2.05) is 0 Å². The smallest absolute Gasteiger partial charge is 0.240 e. The average Bonchev–Trinajstić information content (AvgIpc) is 3.16. The standard InChI is InChI=1S/C19H29N3O4S/c23-19(14-20-13-17-7-4-12-26-17)21-15-8-10-18(11-9-15)27(24,25)22-16-5-2-1-3-6-16/h8-11,16-17,20,22H,1-7,12-14H2,(H,21,23). The number of hydrogen-bond donors (Lipinski definition) is 3. The molecule has 0 aromatic heterocycles. The largest absolute Gasteiger partial charge is 0.377 e. The van der Waals surface area contributed by atoms with Crippen LogP contribution in [0.4, 0.5) is 5.69 Å².